The first kappa shape index (κ1) is 19.8. The van der Waals surface area contributed by atoms with Crippen molar-refractivity contribution in [3.8, 4) is 5.75 Å². The summed E-state index contributed by atoms with van der Waals surface area (Å²) >= 11 is 1.71. The Kier molecular flexibility index (Phi) is 5.78. The zero-order valence-electron chi connectivity index (χ0n) is 16.3. The monoisotopic (exact) mass is 411 g/mol. The van der Waals surface area contributed by atoms with Crippen LogP contribution in [-0.2, 0) is 22.6 Å². The van der Waals surface area contributed by atoms with E-state index in [4.69, 9.17) is 0 Å². The molecule has 0 bridgehead atoms. The average molecular weight is 412 g/mol. The Morgan fingerprint density at radius 3 is 2.72 bits per heavy atom. The number of phenolic OH excluding ortho intramolecular Hbond substituents is 1. The molecule has 2 aliphatic heterocycles. The molecule has 2 amide bonds. The summed E-state index contributed by atoms with van der Waals surface area (Å²) in [6.07, 6.45) is 3.11. The van der Waals surface area contributed by atoms with E-state index >= 15 is 0 Å². The van der Waals surface area contributed by atoms with E-state index in [1.807, 2.05) is 6.07 Å². The van der Waals surface area contributed by atoms with Gasteiger partial charge in [0.25, 0.3) is 0 Å². The van der Waals surface area contributed by atoms with E-state index in [2.05, 4.69) is 35.1 Å². The van der Waals surface area contributed by atoms with Gasteiger partial charge in [0.05, 0.1) is 0 Å². The fourth-order valence-electron chi connectivity index (χ4n) is 4.06. The second kappa shape index (κ2) is 8.47. The third kappa shape index (κ3) is 4.41. The van der Waals surface area contributed by atoms with Gasteiger partial charge in [-0.2, -0.15) is 0 Å². The molecular formula is C22H25N3O3S. The van der Waals surface area contributed by atoms with Crippen LogP contribution in [0.3, 0.4) is 0 Å². The molecule has 2 fully saturated rings. The number of nitrogens with one attached hydrogen (secondary N) is 2. The van der Waals surface area contributed by atoms with E-state index in [-0.39, 0.29) is 23.6 Å². The molecule has 4 rings (SSSR count). The number of nitrogens with zero attached hydrogens (tertiary/aromatic N) is 1. The Labute approximate surface area is 174 Å². The van der Waals surface area contributed by atoms with E-state index in [0.717, 1.165) is 5.56 Å². The van der Waals surface area contributed by atoms with Crippen LogP contribution in [0.15, 0.2) is 53.4 Å². The van der Waals surface area contributed by atoms with Gasteiger partial charge in [-0.1, -0.05) is 24.3 Å². The first-order valence-corrected chi connectivity index (χ1v) is 11.0. The Hall–Kier alpha value is -2.51. The van der Waals surface area contributed by atoms with E-state index in [1.165, 1.54) is 10.5 Å². The highest BCUT2D eigenvalue weighted by Gasteiger charge is 2.46. The molecule has 0 radical (unpaired) electrons. The minimum absolute atomic E-state index is 0.0312. The zero-order chi connectivity index (χ0) is 20.4. The largest absolute Gasteiger partial charge is 0.508 e. The average Bonchev–Trinajstić information content (AvgIpc) is 3.17. The Morgan fingerprint density at radius 2 is 1.97 bits per heavy atom. The fraction of sp³-hybridized carbons (Fsp3) is 0.364. The summed E-state index contributed by atoms with van der Waals surface area (Å²) in [5.41, 5.74) is 2.10. The van der Waals surface area contributed by atoms with Crippen LogP contribution >= 0.6 is 11.8 Å². The van der Waals surface area contributed by atoms with Crippen molar-refractivity contribution in [2.75, 3.05) is 12.8 Å². The number of aromatic hydroxyl groups is 1. The predicted molar refractivity (Wildman–Crippen MR) is 113 cm³/mol. The molecule has 6 nitrogen and oxygen atoms in total. The van der Waals surface area contributed by atoms with Crippen LogP contribution in [0.2, 0.25) is 0 Å². The van der Waals surface area contributed by atoms with Crippen LogP contribution in [0.5, 0.6) is 5.75 Å². The lowest BCUT2D eigenvalue weighted by molar-refractivity contribution is -0.147. The summed E-state index contributed by atoms with van der Waals surface area (Å²) < 4.78 is 0. The number of rotatable bonds is 6. The van der Waals surface area contributed by atoms with Crippen LogP contribution in [0.25, 0.3) is 0 Å². The third-order valence-electron chi connectivity index (χ3n) is 5.61. The molecule has 0 saturated carbocycles. The van der Waals surface area contributed by atoms with E-state index in [1.54, 1.807) is 40.9 Å². The molecule has 0 aliphatic carbocycles. The summed E-state index contributed by atoms with van der Waals surface area (Å²) in [5.74, 6) is 0.0720. The SMILES string of the molecule is CSc1cccc(CN[C@H]2C[C@H]3C(=O)N[C@H](Cc4ccc(O)cc4)C(=O)N3C2)c1. The fourth-order valence-corrected chi connectivity index (χ4v) is 4.54. The number of piperazine rings is 1. The predicted octanol–water partition coefficient (Wildman–Crippen LogP) is 1.91. The maximum absolute atomic E-state index is 13.0. The molecule has 0 spiro atoms. The number of thioether (sulfide) groups is 1. The number of amides is 2. The van der Waals surface area contributed by atoms with E-state index in [0.29, 0.717) is 25.9 Å². The van der Waals surface area contributed by atoms with Crippen LogP contribution in [0.1, 0.15) is 17.5 Å². The van der Waals surface area contributed by atoms with Crippen molar-refractivity contribution in [3.63, 3.8) is 0 Å². The van der Waals surface area contributed by atoms with Crippen molar-refractivity contribution >= 4 is 23.6 Å². The van der Waals surface area contributed by atoms with Crippen LogP contribution in [-0.4, -0.2) is 52.7 Å². The minimum atomic E-state index is -0.555. The van der Waals surface area contributed by atoms with Crippen molar-refractivity contribution in [1.29, 1.82) is 0 Å². The van der Waals surface area contributed by atoms with Crippen LogP contribution in [0.4, 0.5) is 0 Å². The van der Waals surface area contributed by atoms with E-state index < -0.39 is 12.1 Å². The van der Waals surface area contributed by atoms with E-state index in [9.17, 15) is 14.7 Å². The molecule has 2 saturated heterocycles. The standard InChI is InChI=1S/C22H25N3O3S/c1-29-18-4-2-3-15(9-18)12-23-16-11-20-21(27)24-19(22(28)25(20)13-16)10-14-5-7-17(26)8-6-14/h2-9,16,19-20,23,26H,10-13H2,1H3,(H,24,27)/t16-,19+,20-/m0/s1. The molecule has 7 heteroatoms. The number of hydrogen-bond acceptors (Lipinski definition) is 5. The summed E-state index contributed by atoms with van der Waals surface area (Å²) in [4.78, 5) is 28.5. The molecule has 2 aromatic rings. The van der Waals surface area contributed by atoms with Gasteiger partial charge < -0.3 is 20.6 Å². The third-order valence-corrected chi connectivity index (χ3v) is 6.33. The molecular weight excluding hydrogens is 386 g/mol. The van der Waals surface area contributed by atoms with Gasteiger partial charge in [-0.25, -0.2) is 0 Å². The van der Waals surface area contributed by atoms with Gasteiger partial charge in [-0.15, -0.1) is 11.8 Å². The maximum atomic E-state index is 13.0. The number of phenols is 1. The van der Waals surface area contributed by atoms with Gasteiger partial charge in [0.2, 0.25) is 11.8 Å². The second-order valence-corrected chi connectivity index (χ2v) is 8.48. The number of hydrogen-bond donors (Lipinski definition) is 3. The van der Waals surface area contributed by atoms with Crippen molar-refractivity contribution in [2.45, 2.75) is 42.4 Å². The van der Waals surface area contributed by atoms with Gasteiger partial charge >= 0.3 is 0 Å². The second-order valence-electron chi connectivity index (χ2n) is 7.60. The molecule has 0 aromatic heterocycles. The maximum Gasteiger partial charge on any atom is 0.246 e. The quantitative estimate of drug-likeness (QED) is 0.633. The lowest BCUT2D eigenvalue weighted by Crippen LogP contribution is -2.61. The Bertz CT molecular complexity index is 902. The molecule has 2 heterocycles. The molecule has 0 unspecified atom stereocenters. The first-order chi connectivity index (χ1) is 14.0. The Balaban J connectivity index is 1.38. The van der Waals surface area contributed by atoms with Crippen LogP contribution in [0, 0.1) is 0 Å². The molecule has 29 heavy (non-hydrogen) atoms. The minimum Gasteiger partial charge on any atom is -0.508 e. The number of carbonyl (C=O) groups is 2. The number of fused-ring (bicyclic) bond motifs is 1. The summed E-state index contributed by atoms with van der Waals surface area (Å²) in [7, 11) is 0. The van der Waals surface area contributed by atoms with Gasteiger partial charge in [0.1, 0.15) is 17.8 Å². The van der Waals surface area contributed by atoms with Crippen molar-refractivity contribution in [3.05, 3.63) is 59.7 Å². The summed E-state index contributed by atoms with van der Waals surface area (Å²) in [5, 5.41) is 15.8. The normalized spacial score (nSPS) is 23.8. The highest BCUT2D eigenvalue weighted by atomic mass is 32.2. The van der Waals surface area contributed by atoms with Gasteiger partial charge in [0, 0.05) is 30.4 Å². The van der Waals surface area contributed by atoms with Gasteiger partial charge in [-0.05, 0) is 48.1 Å². The highest BCUT2D eigenvalue weighted by molar-refractivity contribution is 7.98. The van der Waals surface area contributed by atoms with Crippen molar-refractivity contribution in [2.24, 2.45) is 0 Å². The lowest BCUT2D eigenvalue weighted by Gasteiger charge is -2.34. The first-order valence-electron chi connectivity index (χ1n) is 9.78. The molecule has 152 valence electrons. The zero-order valence-corrected chi connectivity index (χ0v) is 17.1. The topological polar surface area (TPSA) is 81.7 Å². The number of carbonyl (C=O) groups excluding carboxylic acids is 2. The van der Waals surface area contributed by atoms with Crippen molar-refractivity contribution in [1.82, 2.24) is 15.5 Å². The molecule has 3 N–H and O–H groups in total. The van der Waals surface area contributed by atoms with Crippen LogP contribution < -0.4 is 10.6 Å². The van der Waals surface area contributed by atoms with Crippen molar-refractivity contribution < 1.29 is 14.7 Å². The summed E-state index contributed by atoms with van der Waals surface area (Å²) in [6, 6.07) is 14.3. The molecule has 2 aliphatic rings. The molecule has 2 aromatic carbocycles. The smallest absolute Gasteiger partial charge is 0.246 e. The Morgan fingerprint density at radius 1 is 1.17 bits per heavy atom. The highest BCUT2D eigenvalue weighted by Crippen LogP contribution is 2.25. The molecule has 3 atom stereocenters. The number of benzene rings is 2. The summed E-state index contributed by atoms with van der Waals surface area (Å²) in [6.45, 7) is 1.26. The lowest BCUT2D eigenvalue weighted by atomic mass is 10.0. The van der Waals surface area contributed by atoms with Gasteiger partial charge in [-0.3, -0.25) is 9.59 Å². The van der Waals surface area contributed by atoms with Gasteiger partial charge in [0.15, 0.2) is 0 Å².